The van der Waals surface area contributed by atoms with Crippen molar-refractivity contribution in [3.63, 3.8) is 0 Å². The number of benzene rings is 1. The predicted octanol–water partition coefficient (Wildman–Crippen LogP) is 3.37. The first-order chi connectivity index (χ1) is 11.2. The van der Waals surface area contributed by atoms with E-state index in [-0.39, 0.29) is 5.91 Å². The zero-order valence-corrected chi connectivity index (χ0v) is 13.6. The highest BCUT2D eigenvalue weighted by Gasteiger charge is 2.08. The van der Waals surface area contributed by atoms with Gasteiger partial charge in [-0.05, 0) is 30.9 Å². The quantitative estimate of drug-likeness (QED) is 0.783. The molecule has 2 aromatic rings. The van der Waals surface area contributed by atoms with E-state index in [9.17, 15) is 4.79 Å². The Morgan fingerprint density at radius 2 is 2.17 bits per heavy atom. The van der Waals surface area contributed by atoms with Gasteiger partial charge in [0.2, 0.25) is 5.91 Å². The summed E-state index contributed by atoms with van der Waals surface area (Å²) in [4.78, 5) is 16.3. The Bertz CT molecular complexity index is 755. The monoisotopic (exact) mass is 309 g/mol. The van der Waals surface area contributed by atoms with Gasteiger partial charge in [0.1, 0.15) is 0 Å². The first-order valence-electron chi connectivity index (χ1n) is 8.25. The van der Waals surface area contributed by atoms with E-state index in [2.05, 4.69) is 39.3 Å². The lowest BCUT2D eigenvalue weighted by Crippen LogP contribution is -2.24. The fourth-order valence-electron chi connectivity index (χ4n) is 3.04. The first-order valence-corrected chi connectivity index (χ1v) is 8.25. The Balaban J connectivity index is 1.44. The SMILES string of the molecule is Cn1cc(CCC(=O)NCCCC2=CCC=N2)c2ccccc21. The van der Waals surface area contributed by atoms with Crippen LogP contribution in [0, 0.1) is 0 Å². The van der Waals surface area contributed by atoms with Crippen molar-refractivity contribution < 1.29 is 4.79 Å². The van der Waals surface area contributed by atoms with Crippen LogP contribution in [0.2, 0.25) is 0 Å². The van der Waals surface area contributed by atoms with Gasteiger partial charge >= 0.3 is 0 Å². The van der Waals surface area contributed by atoms with Gasteiger partial charge in [0.25, 0.3) is 0 Å². The average Bonchev–Trinajstić information content (AvgIpc) is 3.18. The van der Waals surface area contributed by atoms with Crippen molar-refractivity contribution in [3.8, 4) is 0 Å². The summed E-state index contributed by atoms with van der Waals surface area (Å²) in [6.45, 7) is 0.723. The van der Waals surface area contributed by atoms with Gasteiger partial charge in [0.15, 0.2) is 0 Å². The summed E-state index contributed by atoms with van der Waals surface area (Å²) in [5.74, 6) is 0.127. The number of carbonyl (C=O) groups is 1. The maximum absolute atomic E-state index is 12.0. The highest BCUT2D eigenvalue weighted by Crippen LogP contribution is 2.21. The van der Waals surface area contributed by atoms with Gasteiger partial charge in [-0.1, -0.05) is 24.3 Å². The summed E-state index contributed by atoms with van der Waals surface area (Å²) < 4.78 is 2.12. The molecule has 0 aliphatic carbocycles. The van der Waals surface area contributed by atoms with Crippen molar-refractivity contribution in [2.45, 2.75) is 32.1 Å². The molecule has 0 atom stereocenters. The van der Waals surface area contributed by atoms with Crippen molar-refractivity contribution in [2.24, 2.45) is 12.0 Å². The Hall–Kier alpha value is -2.36. The van der Waals surface area contributed by atoms with E-state index < -0.39 is 0 Å². The summed E-state index contributed by atoms with van der Waals surface area (Å²) in [7, 11) is 2.05. The molecule has 3 rings (SSSR count). The van der Waals surface area contributed by atoms with Crippen LogP contribution < -0.4 is 5.32 Å². The molecule has 1 aliphatic heterocycles. The normalized spacial score (nSPS) is 13.5. The van der Waals surface area contributed by atoms with Crippen molar-refractivity contribution in [3.05, 3.63) is 47.8 Å². The maximum atomic E-state index is 12.0. The van der Waals surface area contributed by atoms with E-state index in [0.717, 1.165) is 37.9 Å². The fraction of sp³-hybridized carbons (Fsp3) is 0.368. The van der Waals surface area contributed by atoms with Crippen molar-refractivity contribution in [2.75, 3.05) is 6.54 Å². The average molecular weight is 309 g/mol. The molecular weight excluding hydrogens is 286 g/mol. The van der Waals surface area contributed by atoms with Crippen LogP contribution >= 0.6 is 0 Å². The molecular formula is C19H23N3O. The number of fused-ring (bicyclic) bond motifs is 1. The summed E-state index contributed by atoms with van der Waals surface area (Å²) in [6.07, 6.45) is 10.4. The van der Waals surface area contributed by atoms with Crippen molar-refractivity contribution in [1.82, 2.24) is 9.88 Å². The molecule has 1 amide bonds. The number of hydrogen-bond donors (Lipinski definition) is 1. The third-order valence-electron chi connectivity index (χ3n) is 4.25. The number of nitrogens with zero attached hydrogens (tertiary/aromatic N) is 2. The van der Waals surface area contributed by atoms with Crippen LogP contribution in [0.3, 0.4) is 0 Å². The smallest absolute Gasteiger partial charge is 0.220 e. The molecule has 23 heavy (non-hydrogen) atoms. The third kappa shape index (κ3) is 3.89. The van der Waals surface area contributed by atoms with Crippen molar-refractivity contribution >= 4 is 23.0 Å². The lowest BCUT2D eigenvalue weighted by Gasteiger charge is -2.05. The van der Waals surface area contributed by atoms with E-state index >= 15 is 0 Å². The van der Waals surface area contributed by atoms with Crippen LogP contribution in [0.1, 0.15) is 31.2 Å². The molecule has 1 aromatic heterocycles. The minimum Gasteiger partial charge on any atom is -0.356 e. The van der Waals surface area contributed by atoms with Crippen LogP contribution in [0.4, 0.5) is 0 Å². The number of rotatable bonds is 7. The Morgan fingerprint density at radius 3 is 3.00 bits per heavy atom. The van der Waals surface area contributed by atoms with E-state index in [1.165, 1.54) is 16.5 Å². The highest BCUT2D eigenvalue weighted by molar-refractivity contribution is 5.84. The highest BCUT2D eigenvalue weighted by atomic mass is 16.1. The van der Waals surface area contributed by atoms with E-state index in [0.29, 0.717) is 6.42 Å². The van der Waals surface area contributed by atoms with E-state index in [1.807, 2.05) is 25.4 Å². The molecule has 1 aliphatic rings. The molecule has 1 N–H and O–H groups in total. The van der Waals surface area contributed by atoms with Gasteiger partial charge in [-0.15, -0.1) is 0 Å². The van der Waals surface area contributed by atoms with Gasteiger partial charge in [-0.3, -0.25) is 9.79 Å². The molecule has 1 aromatic carbocycles. The minimum absolute atomic E-state index is 0.127. The van der Waals surface area contributed by atoms with Gasteiger partial charge < -0.3 is 9.88 Å². The number of amides is 1. The summed E-state index contributed by atoms with van der Waals surface area (Å²) in [6, 6.07) is 8.33. The Kier molecular flexibility index (Phi) is 4.91. The van der Waals surface area contributed by atoms with Gasteiger partial charge in [0.05, 0.1) is 0 Å². The number of hydrogen-bond acceptors (Lipinski definition) is 2. The second-order valence-corrected chi connectivity index (χ2v) is 5.98. The lowest BCUT2D eigenvalue weighted by molar-refractivity contribution is -0.121. The second kappa shape index (κ2) is 7.27. The number of aromatic nitrogens is 1. The number of aliphatic imine (C=N–C) groups is 1. The molecule has 0 radical (unpaired) electrons. The van der Waals surface area contributed by atoms with Gasteiger partial charge in [0, 0.05) is 55.4 Å². The molecule has 2 heterocycles. The fourth-order valence-corrected chi connectivity index (χ4v) is 3.04. The second-order valence-electron chi connectivity index (χ2n) is 5.98. The van der Waals surface area contributed by atoms with Crippen LogP contribution in [0.25, 0.3) is 10.9 Å². The third-order valence-corrected chi connectivity index (χ3v) is 4.25. The standard InChI is InChI=1S/C19H23N3O/c1-22-14-15(17-8-2-3-9-18(17)22)10-11-19(23)21-13-5-7-16-6-4-12-20-16/h2-3,6,8-9,12,14H,4-5,7,10-11,13H2,1H3,(H,21,23). The molecule has 0 bridgehead atoms. The van der Waals surface area contributed by atoms with Crippen LogP contribution in [0.5, 0.6) is 0 Å². The topological polar surface area (TPSA) is 46.4 Å². The number of nitrogens with one attached hydrogen (secondary N) is 1. The molecule has 0 fully saturated rings. The van der Waals surface area contributed by atoms with E-state index in [4.69, 9.17) is 0 Å². The minimum atomic E-state index is 0.127. The zero-order chi connectivity index (χ0) is 16.1. The molecule has 120 valence electrons. The zero-order valence-electron chi connectivity index (χ0n) is 13.6. The molecule has 0 saturated carbocycles. The number of allylic oxidation sites excluding steroid dienone is 2. The molecule has 4 heteroatoms. The number of carbonyl (C=O) groups excluding carboxylic acids is 1. The first kappa shape index (κ1) is 15.5. The molecule has 0 saturated heterocycles. The van der Waals surface area contributed by atoms with E-state index in [1.54, 1.807) is 0 Å². The Morgan fingerprint density at radius 1 is 1.30 bits per heavy atom. The summed E-state index contributed by atoms with van der Waals surface area (Å²) in [5, 5.41) is 4.25. The molecule has 0 spiro atoms. The molecule has 0 unspecified atom stereocenters. The summed E-state index contributed by atoms with van der Waals surface area (Å²) in [5.41, 5.74) is 3.60. The van der Waals surface area contributed by atoms with Gasteiger partial charge in [-0.2, -0.15) is 0 Å². The van der Waals surface area contributed by atoms with Gasteiger partial charge in [-0.25, -0.2) is 0 Å². The maximum Gasteiger partial charge on any atom is 0.220 e. The Labute approximate surface area is 136 Å². The summed E-state index contributed by atoms with van der Waals surface area (Å²) >= 11 is 0. The largest absolute Gasteiger partial charge is 0.356 e. The molecule has 4 nitrogen and oxygen atoms in total. The van der Waals surface area contributed by atoms with Crippen LogP contribution in [0.15, 0.2) is 47.2 Å². The van der Waals surface area contributed by atoms with Crippen LogP contribution in [-0.4, -0.2) is 23.2 Å². The lowest BCUT2D eigenvalue weighted by atomic mass is 10.1. The van der Waals surface area contributed by atoms with Crippen LogP contribution in [-0.2, 0) is 18.3 Å². The predicted molar refractivity (Wildman–Crippen MR) is 94.7 cm³/mol. The van der Waals surface area contributed by atoms with Crippen molar-refractivity contribution in [1.29, 1.82) is 0 Å². The number of aryl methyl sites for hydroxylation is 2. The number of para-hydroxylation sites is 1.